The summed E-state index contributed by atoms with van der Waals surface area (Å²) >= 11 is 5.35. The van der Waals surface area contributed by atoms with Crippen LogP contribution in [0.25, 0.3) is 11.4 Å². The Morgan fingerprint density at radius 3 is 2.13 bits per heavy atom. The molecule has 0 spiro atoms. The molecule has 0 bridgehead atoms. The lowest BCUT2D eigenvalue weighted by molar-refractivity contribution is 0.324. The van der Waals surface area contributed by atoms with E-state index in [9.17, 15) is 0 Å². The topological polar surface area (TPSA) is 92.1 Å². The van der Waals surface area contributed by atoms with Gasteiger partial charge in [0.15, 0.2) is 17.3 Å². The Kier molecular flexibility index (Phi) is 6.58. The van der Waals surface area contributed by atoms with Gasteiger partial charge in [-0.25, -0.2) is 5.10 Å². The molecule has 10 heteroatoms. The van der Waals surface area contributed by atoms with Gasteiger partial charge in [-0.3, -0.25) is 0 Å². The van der Waals surface area contributed by atoms with Gasteiger partial charge in [0.05, 0.1) is 41.8 Å². The SMILES string of the molecule is COc1ccc(/C=N\n2c(-c3cc(OC)c(OC)c(OC)c3)n[nH]c2=S)c(OC)c1. The Morgan fingerprint density at radius 2 is 1.57 bits per heavy atom. The molecule has 1 heterocycles. The summed E-state index contributed by atoms with van der Waals surface area (Å²) in [6, 6.07) is 8.97. The number of nitrogens with one attached hydrogen (secondary N) is 1. The first-order valence-electron chi connectivity index (χ1n) is 8.80. The average molecular weight is 430 g/mol. The molecule has 3 aromatic rings. The van der Waals surface area contributed by atoms with Crippen molar-refractivity contribution in [2.45, 2.75) is 0 Å². The number of hydrogen-bond acceptors (Lipinski definition) is 8. The van der Waals surface area contributed by atoms with E-state index in [0.717, 1.165) is 5.56 Å². The standard InChI is InChI=1S/C20H22N4O5S/c1-25-14-7-6-12(15(10-14)26-2)11-21-24-19(22-23-20(24)30)13-8-16(27-3)18(29-5)17(9-13)28-4/h6-11H,1-5H3,(H,23,30)/b21-11-. The smallest absolute Gasteiger partial charge is 0.216 e. The second-order valence-corrected chi connectivity index (χ2v) is 6.32. The number of methoxy groups -OCH3 is 5. The van der Waals surface area contributed by atoms with Crippen molar-refractivity contribution in [3.05, 3.63) is 40.7 Å². The molecule has 0 fully saturated rings. The van der Waals surface area contributed by atoms with Gasteiger partial charge in [0, 0.05) is 17.2 Å². The highest BCUT2D eigenvalue weighted by atomic mass is 32.1. The number of aromatic amines is 1. The predicted molar refractivity (Wildman–Crippen MR) is 115 cm³/mol. The van der Waals surface area contributed by atoms with E-state index in [0.29, 0.717) is 44.9 Å². The molecule has 3 rings (SSSR count). The molecule has 158 valence electrons. The van der Waals surface area contributed by atoms with Crippen molar-refractivity contribution in [3.8, 4) is 40.1 Å². The second kappa shape index (κ2) is 9.31. The zero-order valence-corrected chi connectivity index (χ0v) is 18.1. The summed E-state index contributed by atoms with van der Waals surface area (Å²) < 4.78 is 28.7. The maximum absolute atomic E-state index is 5.42. The maximum atomic E-state index is 5.42. The molecular formula is C20H22N4O5S. The Hall–Kier alpha value is -3.53. The van der Waals surface area contributed by atoms with E-state index in [1.807, 2.05) is 12.1 Å². The molecule has 0 amide bonds. The summed E-state index contributed by atoms with van der Waals surface area (Å²) in [5.74, 6) is 3.24. The molecule has 30 heavy (non-hydrogen) atoms. The lowest BCUT2D eigenvalue weighted by atomic mass is 10.1. The Balaban J connectivity index is 2.07. The van der Waals surface area contributed by atoms with Crippen molar-refractivity contribution >= 4 is 18.4 Å². The molecule has 0 aliphatic rings. The lowest BCUT2D eigenvalue weighted by Gasteiger charge is -2.13. The number of nitrogens with zero attached hydrogens (tertiary/aromatic N) is 3. The normalized spacial score (nSPS) is 10.8. The van der Waals surface area contributed by atoms with Crippen molar-refractivity contribution in [2.24, 2.45) is 5.10 Å². The molecule has 0 saturated carbocycles. The molecule has 1 N–H and O–H groups in total. The third-order valence-electron chi connectivity index (χ3n) is 4.33. The number of hydrogen-bond donors (Lipinski definition) is 1. The summed E-state index contributed by atoms with van der Waals surface area (Å²) in [6.07, 6.45) is 1.63. The zero-order valence-electron chi connectivity index (χ0n) is 17.3. The van der Waals surface area contributed by atoms with E-state index >= 15 is 0 Å². The number of rotatable bonds is 8. The van der Waals surface area contributed by atoms with Crippen LogP contribution in [0.2, 0.25) is 0 Å². The molecule has 0 atom stereocenters. The van der Waals surface area contributed by atoms with E-state index in [1.54, 1.807) is 60.0 Å². The fourth-order valence-corrected chi connectivity index (χ4v) is 3.02. The highest BCUT2D eigenvalue weighted by molar-refractivity contribution is 7.71. The van der Waals surface area contributed by atoms with Gasteiger partial charge in [0.1, 0.15) is 11.5 Å². The van der Waals surface area contributed by atoms with Crippen LogP contribution in [-0.4, -0.2) is 56.6 Å². The fraction of sp³-hybridized carbons (Fsp3) is 0.250. The van der Waals surface area contributed by atoms with E-state index in [2.05, 4.69) is 15.3 Å². The molecule has 0 aliphatic heterocycles. The first kappa shape index (κ1) is 21.2. The van der Waals surface area contributed by atoms with Crippen molar-refractivity contribution in [1.82, 2.24) is 14.9 Å². The third kappa shape index (κ3) is 4.08. The maximum Gasteiger partial charge on any atom is 0.216 e. The molecular weight excluding hydrogens is 408 g/mol. The van der Waals surface area contributed by atoms with Crippen LogP contribution in [0, 0.1) is 4.77 Å². The molecule has 0 aliphatic carbocycles. The molecule has 2 aromatic carbocycles. The Bertz CT molecular complexity index is 1100. The van der Waals surface area contributed by atoms with Gasteiger partial charge >= 0.3 is 0 Å². The highest BCUT2D eigenvalue weighted by Gasteiger charge is 2.17. The van der Waals surface area contributed by atoms with Gasteiger partial charge in [-0.1, -0.05) is 0 Å². The van der Waals surface area contributed by atoms with Crippen molar-refractivity contribution in [3.63, 3.8) is 0 Å². The molecule has 0 saturated heterocycles. The van der Waals surface area contributed by atoms with Gasteiger partial charge in [0.2, 0.25) is 10.5 Å². The Labute approximate surface area is 178 Å². The molecule has 0 radical (unpaired) electrons. The Morgan fingerprint density at radius 1 is 0.900 bits per heavy atom. The van der Waals surface area contributed by atoms with Gasteiger partial charge in [-0.15, -0.1) is 0 Å². The predicted octanol–water partition coefficient (Wildman–Crippen LogP) is 3.53. The largest absolute Gasteiger partial charge is 0.497 e. The lowest BCUT2D eigenvalue weighted by Crippen LogP contribution is -1.99. The molecule has 1 aromatic heterocycles. The van der Waals surface area contributed by atoms with Gasteiger partial charge in [-0.2, -0.15) is 14.9 Å². The highest BCUT2D eigenvalue weighted by Crippen LogP contribution is 2.40. The monoisotopic (exact) mass is 430 g/mol. The van der Waals surface area contributed by atoms with E-state index in [1.165, 1.54) is 4.68 Å². The van der Waals surface area contributed by atoms with Gasteiger partial charge in [-0.05, 0) is 36.5 Å². The first-order valence-corrected chi connectivity index (χ1v) is 9.21. The number of aromatic nitrogens is 3. The molecule has 9 nitrogen and oxygen atoms in total. The number of H-pyrrole nitrogens is 1. The first-order chi connectivity index (χ1) is 14.6. The van der Waals surface area contributed by atoms with Gasteiger partial charge in [0.25, 0.3) is 0 Å². The van der Waals surface area contributed by atoms with Crippen molar-refractivity contribution < 1.29 is 23.7 Å². The number of benzene rings is 2. The van der Waals surface area contributed by atoms with Crippen LogP contribution in [-0.2, 0) is 0 Å². The minimum Gasteiger partial charge on any atom is -0.497 e. The number of ether oxygens (including phenoxy) is 5. The quantitative estimate of drug-likeness (QED) is 0.432. The van der Waals surface area contributed by atoms with E-state index in [4.69, 9.17) is 35.9 Å². The van der Waals surface area contributed by atoms with E-state index < -0.39 is 0 Å². The average Bonchev–Trinajstić information content (AvgIpc) is 3.16. The van der Waals surface area contributed by atoms with Crippen molar-refractivity contribution in [2.75, 3.05) is 35.5 Å². The minimum absolute atomic E-state index is 0.322. The van der Waals surface area contributed by atoms with Crippen LogP contribution in [0.1, 0.15) is 5.56 Å². The fourth-order valence-electron chi connectivity index (χ4n) is 2.84. The summed E-state index contributed by atoms with van der Waals surface area (Å²) in [6.45, 7) is 0. The van der Waals surface area contributed by atoms with E-state index in [-0.39, 0.29) is 0 Å². The van der Waals surface area contributed by atoms with Crippen LogP contribution < -0.4 is 23.7 Å². The second-order valence-electron chi connectivity index (χ2n) is 5.93. The van der Waals surface area contributed by atoms with Crippen LogP contribution in [0.4, 0.5) is 0 Å². The summed E-state index contributed by atoms with van der Waals surface area (Å²) in [4.78, 5) is 0. The van der Waals surface area contributed by atoms with Crippen LogP contribution in [0.5, 0.6) is 28.7 Å². The third-order valence-corrected chi connectivity index (χ3v) is 4.59. The minimum atomic E-state index is 0.322. The summed E-state index contributed by atoms with van der Waals surface area (Å²) in [5, 5.41) is 11.6. The van der Waals surface area contributed by atoms with Crippen LogP contribution >= 0.6 is 12.2 Å². The van der Waals surface area contributed by atoms with Crippen LogP contribution in [0.3, 0.4) is 0 Å². The zero-order chi connectivity index (χ0) is 21.7. The van der Waals surface area contributed by atoms with Crippen molar-refractivity contribution in [1.29, 1.82) is 0 Å². The summed E-state index contributed by atoms with van der Waals surface area (Å²) in [5.41, 5.74) is 1.42. The van der Waals surface area contributed by atoms with Gasteiger partial charge < -0.3 is 23.7 Å². The van der Waals surface area contributed by atoms with Crippen LogP contribution in [0.15, 0.2) is 35.4 Å². The molecule has 0 unspecified atom stereocenters. The summed E-state index contributed by atoms with van der Waals surface area (Å²) in [7, 11) is 7.81.